The molecule has 1 unspecified atom stereocenters. The van der Waals surface area contributed by atoms with Gasteiger partial charge in [-0.15, -0.1) is 0 Å². The largest absolute Gasteiger partial charge is 0.391 e. The third-order valence-corrected chi connectivity index (χ3v) is 4.29. The number of nitrogens with zero attached hydrogens (tertiary/aromatic N) is 2. The molecule has 2 fully saturated rings. The van der Waals surface area contributed by atoms with Crippen molar-refractivity contribution in [2.45, 2.75) is 58.0 Å². The van der Waals surface area contributed by atoms with Crippen molar-refractivity contribution >= 4 is 11.6 Å². The summed E-state index contributed by atoms with van der Waals surface area (Å²) in [5, 5.41) is 16.7. The first-order valence-electron chi connectivity index (χ1n) is 8.23. The fraction of sp³-hybridized carbons (Fsp3) is 0.750. The van der Waals surface area contributed by atoms with Gasteiger partial charge in [-0.05, 0) is 44.9 Å². The highest BCUT2D eigenvalue weighted by atomic mass is 16.3. The van der Waals surface area contributed by atoms with Crippen LogP contribution in [0, 0.1) is 12.8 Å². The zero-order valence-corrected chi connectivity index (χ0v) is 13.0. The fourth-order valence-electron chi connectivity index (χ4n) is 2.49. The molecule has 0 radical (unpaired) electrons. The number of anilines is 2. The molecule has 116 valence electrons. The number of hydrogen-bond donors (Lipinski definition) is 3. The maximum atomic E-state index is 10.0. The van der Waals surface area contributed by atoms with Crippen LogP contribution >= 0.6 is 0 Å². The van der Waals surface area contributed by atoms with Gasteiger partial charge in [-0.25, -0.2) is 9.97 Å². The molecule has 0 spiro atoms. The quantitative estimate of drug-likeness (QED) is 0.686. The van der Waals surface area contributed by atoms with E-state index in [4.69, 9.17) is 0 Å². The summed E-state index contributed by atoms with van der Waals surface area (Å²) in [6.45, 7) is 5.70. The van der Waals surface area contributed by atoms with Crippen LogP contribution in [0.25, 0.3) is 0 Å². The number of hydrogen-bond acceptors (Lipinski definition) is 5. The molecule has 3 rings (SSSR count). The summed E-state index contributed by atoms with van der Waals surface area (Å²) in [7, 11) is 0. The monoisotopic (exact) mass is 290 g/mol. The van der Waals surface area contributed by atoms with Gasteiger partial charge in [0.1, 0.15) is 17.5 Å². The lowest BCUT2D eigenvalue weighted by molar-refractivity contribution is 0.164. The van der Waals surface area contributed by atoms with E-state index in [1.54, 1.807) is 0 Å². The Morgan fingerprint density at radius 2 is 1.81 bits per heavy atom. The van der Waals surface area contributed by atoms with E-state index in [-0.39, 0.29) is 6.10 Å². The van der Waals surface area contributed by atoms with Crippen LogP contribution in [0.15, 0.2) is 0 Å². The second kappa shape index (κ2) is 6.18. The first-order valence-corrected chi connectivity index (χ1v) is 8.23. The Kier molecular flexibility index (Phi) is 4.29. The molecule has 5 nitrogen and oxygen atoms in total. The zero-order valence-electron chi connectivity index (χ0n) is 13.0. The van der Waals surface area contributed by atoms with Gasteiger partial charge >= 0.3 is 0 Å². The molecule has 3 N–H and O–H groups in total. The van der Waals surface area contributed by atoms with Gasteiger partial charge in [-0.1, -0.05) is 6.92 Å². The first-order chi connectivity index (χ1) is 10.2. The normalized spacial score (nSPS) is 19.4. The average molecular weight is 290 g/mol. The maximum absolute atomic E-state index is 10.0. The van der Waals surface area contributed by atoms with Gasteiger partial charge in [-0.2, -0.15) is 0 Å². The van der Waals surface area contributed by atoms with Crippen molar-refractivity contribution in [2.24, 2.45) is 5.92 Å². The van der Waals surface area contributed by atoms with E-state index in [9.17, 15) is 5.11 Å². The van der Waals surface area contributed by atoms with Crippen LogP contribution in [0.3, 0.4) is 0 Å². The summed E-state index contributed by atoms with van der Waals surface area (Å²) in [4.78, 5) is 9.36. The van der Waals surface area contributed by atoms with Crippen molar-refractivity contribution < 1.29 is 5.11 Å². The highest BCUT2D eigenvalue weighted by Crippen LogP contribution is 2.39. The van der Waals surface area contributed by atoms with Crippen LogP contribution in [-0.2, 0) is 0 Å². The number of aliphatic hydroxyl groups excluding tert-OH is 1. The molecule has 5 heteroatoms. The van der Waals surface area contributed by atoms with Crippen molar-refractivity contribution in [3.05, 3.63) is 11.4 Å². The van der Waals surface area contributed by atoms with Crippen LogP contribution in [0.5, 0.6) is 0 Å². The van der Waals surface area contributed by atoms with E-state index < -0.39 is 0 Å². The number of aromatic nitrogens is 2. The summed E-state index contributed by atoms with van der Waals surface area (Å²) in [5.41, 5.74) is 1.05. The lowest BCUT2D eigenvalue weighted by Gasteiger charge is -2.16. The van der Waals surface area contributed by atoms with E-state index in [2.05, 4.69) is 27.5 Å². The Labute approximate surface area is 126 Å². The van der Waals surface area contributed by atoms with Crippen LogP contribution < -0.4 is 10.6 Å². The number of aliphatic hydroxyl groups is 1. The van der Waals surface area contributed by atoms with E-state index in [0.717, 1.165) is 48.8 Å². The Balaban J connectivity index is 1.74. The first kappa shape index (κ1) is 14.6. The highest BCUT2D eigenvalue weighted by Gasteiger charge is 2.30. The summed E-state index contributed by atoms with van der Waals surface area (Å²) in [6, 6.07) is 0. The summed E-state index contributed by atoms with van der Waals surface area (Å²) in [5.74, 6) is 3.78. The highest BCUT2D eigenvalue weighted by molar-refractivity contribution is 5.57. The molecule has 0 bridgehead atoms. The van der Waals surface area contributed by atoms with Gasteiger partial charge in [0, 0.05) is 24.6 Å². The lowest BCUT2D eigenvalue weighted by atomic mass is 10.2. The molecule has 0 saturated heterocycles. The maximum Gasteiger partial charge on any atom is 0.136 e. The van der Waals surface area contributed by atoms with Crippen LogP contribution in [0.2, 0.25) is 0 Å². The molecule has 2 aliphatic rings. The van der Waals surface area contributed by atoms with E-state index in [0.29, 0.717) is 18.4 Å². The smallest absolute Gasteiger partial charge is 0.136 e. The molecule has 21 heavy (non-hydrogen) atoms. The molecule has 0 amide bonds. The van der Waals surface area contributed by atoms with Gasteiger partial charge in [0.25, 0.3) is 0 Å². The average Bonchev–Trinajstić information content (AvgIpc) is 3.36. The SMILES string of the molecule is CCCNc1nc(C2CC2)nc(NCC(O)C2CC2)c1C. The number of rotatable bonds is 8. The lowest BCUT2D eigenvalue weighted by Crippen LogP contribution is -2.23. The molecule has 0 aliphatic heterocycles. The van der Waals surface area contributed by atoms with Crippen LogP contribution in [-0.4, -0.2) is 34.3 Å². The third kappa shape index (κ3) is 3.64. The van der Waals surface area contributed by atoms with Crippen molar-refractivity contribution in [2.75, 3.05) is 23.7 Å². The molecule has 2 aliphatic carbocycles. The van der Waals surface area contributed by atoms with E-state index >= 15 is 0 Å². The van der Waals surface area contributed by atoms with Crippen LogP contribution in [0.4, 0.5) is 11.6 Å². The standard InChI is InChI=1S/C16H26N4O/c1-3-8-17-14-10(2)15(18-9-13(21)11-4-5-11)20-16(19-14)12-6-7-12/h11-13,21H,3-9H2,1-2H3,(H2,17,18,19,20). The molecule has 0 aromatic carbocycles. The molecular weight excluding hydrogens is 264 g/mol. The second-order valence-electron chi connectivity index (χ2n) is 6.39. The van der Waals surface area contributed by atoms with Gasteiger partial charge in [0.2, 0.25) is 0 Å². The van der Waals surface area contributed by atoms with Gasteiger partial charge in [-0.3, -0.25) is 0 Å². The Hall–Kier alpha value is -1.36. The van der Waals surface area contributed by atoms with Crippen molar-refractivity contribution in [3.63, 3.8) is 0 Å². The predicted octanol–water partition coefficient (Wildman–Crippen LogP) is 2.67. The zero-order chi connectivity index (χ0) is 14.8. The van der Waals surface area contributed by atoms with E-state index in [1.165, 1.54) is 12.8 Å². The molecule has 1 atom stereocenters. The van der Waals surface area contributed by atoms with Gasteiger partial charge < -0.3 is 15.7 Å². The Morgan fingerprint density at radius 1 is 1.14 bits per heavy atom. The molecule has 2 saturated carbocycles. The van der Waals surface area contributed by atoms with Crippen molar-refractivity contribution in [3.8, 4) is 0 Å². The second-order valence-corrected chi connectivity index (χ2v) is 6.39. The van der Waals surface area contributed by atoms with E-state index in [1.807, 2.05) is 6.92 Å². The predicted molar refractivity (Wildman–Crippen MR) is 84.7 cm³/mol. The minimum absolute atomic E-state index is 0.254. The third-order valence-electron chi connectivity index (χ3n) is 4.29. The number of nitrogens with one attached hydrogen (secondary N) is 2. The minimum Gasteiger partial charge on any atom is -0.391 e. The van der Waals surface area contributed by atoms with Crippen LogP contribution in [0.1, 0.15) is 56.3 Å². The molecule has 1 heterocycles. The summed E-state index contributed by atoms with van der Waals surface area (Å²) in [6.07, 6.45) is 5.52. The Bertz CT molecular complexity index is 497. The fourth-order valence-corrected chi connectivity index (χ4v) is 2.49. The van der Waals surface area contributed by atoms with Gasteiger partial charge in [0.15, 0.2) is 0 Å². The topological polar surface area (TPSA) is 70.1 Å². The molecule has 1 aromatic heterocycles. The summed E-state index contributed by atoms with van der Waals surface area (Å²) < 4.78 is 0. The van der Waals surface area contributed by atoms with Crippen molar-refractivity contribution in [1.29, 1.82) is 0 Å². The van der Waals surface area contributed by atoms with Crippen molar-refractivity contribution in [1.82, 2.24) is 9.97 Å². The molecular formula is C16H26N4O. The Morgan fingerprint density at radius 3 is 2.38 bits per heavy atom. The minimum atomic E-state index is -0.254. The summed E-state index contributed by atoms with van der Waals surface area (Å²) >= 11 is 0. The van der Waals surface area contributed by atoms with Gasteiger partial charge in [0.05, 0.1) is 6.10 Å². The molecule has 1 aromatic rings.